The van der Waals surface area contributed by atoms with E-state index < -0.39 is 0 Å². The molecule has 1 aromatic carbocycles. The molecule has 3 heterocycles. The summed E-state index contributed by atoms with van der Waals surface area (Å²) in [5.74, 6) is 1.24. The van der Waals surface area contributed by atoms with E-state index in [4.69, 9.17) is 5.11 Å². The lowest BCUT2D eigenvalue weighted by Gasteiger charge is -2.07. The van der Waals surface area contributed by atoms with Crippen molar-refractivity contribution in [1.29, 1.82) is 0 Å². The highest BCUT2D eigenvalue weighted by atomic mass is 16.3. The van der Waals surface area contributed by atoms with Crippen LogP contribution in [-0.4, -0.2) is 37.8 Å². The first-order valence-corrected chi connectivity index (χ1v) is 8.32. The van der Waals surface area contributed by atoms with Crippen molar-refractivity contribution in [2.75, 3.05) is 23.8 Å². The molecular formula is C19H18N6O. The maximum Gasteiger partial charge on any atom is 0.247 e. The number of aliphatic hydroxyl groups excluding tert-OH is 1. The summed E-state index contributed by atoms with van der Waals surface area (Å²) >= 11 is 0. The zero-order valence-corrected chi connectivity index (χ0v) is 14.0. The van der Waals surface area contributed by atoms with Gasteiger partial charge in [0.15, 0.2) is 5.65 Å². The van der Waals surface area contributed by atoms with Gasteiger partial charge in [0.2, 0.25) is 5.95 Å². The first-order valence-electron chi connectivity index (χ1n) is 8.32. The van der Waals surface area contributed by atoms with E-state index in [9.17, 15) is 0 Å². The number of rotatable bonds is 6. The Bertz CT molecular complexity index is 1010. The fourth-order valence-corrected chi connectivity index (χ4v) is 2.70. The molecule has 0 aliphatic rings. The smallest absolute Gasteiger partial charge is 0.247 e. The molecule has 0 radical (unpaired) electrons. The van der Waals surface area contributed by atoms with Crippen molar-refractivity contribution < 1.29 is 5.11 Å². The minimum absolute atomic E-state index is 0.0546. The molecule has 0 amide bonds. The van der Waals surface area contributed by atoms with Crippen LogP contribution in [0.25, 0.3) is 16.9 Å². The SMILES string of the molecule is OCCNc1cc(-c2cccc3nc(Nc4ccccc4)nn23)ccn1. The molecule has 4 aromatic rings. The first-order chi connectivity index (χ1) is 12.8. The Morgan fingerprint density at radius 2 is 1.88 bits per heavy atom. The lowest BCUT2D eigenvalue weighted by molar-refractivity contribution is 0.311. The number of anilines is 3. The number of nitrogens with zero attached hydrogens (tertiary/aromatic N) is 4. The van der Waals surface area contributed by atoms with Gasteiger partial charge in [-0.1, -0.05) is 24.3 Å². The standard InChI is InChI=1S/C19H18N6O/c26-12-11-21-17-13-14(9-10-20-17)16-7-4-8-18-23-19(24-25(16)18)22-15-5-2-1-3-6-15/h1-10,13,26H,11-12H2,(H,20,21)(H,22,24). The van der Waals surface area contributed by atoms with Crippen molar-refractivity contribution in [2.24, 2.45) is 0 Å². The number of benzene rings is 1. The second-order valence-corrected chi connectivity index (χ2v) is 5.69. The number of hydrogen-bond donors (Lipinski definition) is 3. The van der Waals surface area contributed by atoms with Crippen LogP contribution in [0.5, 0.6) is 0 Å². The van der Waals surface area contributed by atoms with Crippen LogP contribution in [0, 0.1) is 0 Å². The van der Waals surface area contributed by atoms with E-state index >= 15 is 0 Å². The molecule has 0 aliphatic heterocycles. The third-order valence-corrected chi connectivity index (χ3v) is 3.86. The summed E-state index contributed by atoms with van der Waals surface area (Å²) in [6, 6.07) is 19.5. The van der Waals surface area contributed by atoms with Crippen LogP contribution in [0.3, 0.4) is 0 Å². The van der Waals surface area contributed by atoms with Crippen LogP contribution in [0.15, 0.2) is 66.9 Å². The minimum Gasteiger partial charge on any atom is -0.395 e. The van der Waals surface area contributed by atoms with Gasteiger partial charge in [-0.2, -0.15) is 4.98 Å². The molecule has 7 nitrogen and oxygen atoms in total. The van der Waals surface area contributed by atoms with Gasteiger partial charge in [0.25, 0.3) is 0 Å². The normalized spacial score (nSPS) is 10.8. The second kappa shape index (κ2) is 7.20. The third kappa shape index (κ3) is 3.33. The van der Waals surface area contributed by atoms with Crippen LogP contribution in [0.4, 0.5) is 17.5 Å². The molecule has 130 valence electrons. The molecule has 3 aromatic heterocycles. The van der Waals surface area contributed by atoms with Gasteiger partial charge in [-0.3, -0.25) is 0 Å². The van der Waals surface area contributed by atoms with E-state index in [0.29, 0.717) is 18.3 Å². The van der Waals surface area contributed by atoms with Crippen LogP contribution in [0.2, 0.25) is 0 Å². The summed E-state index contributed by atoms with van der Waals surface area (Å²) in [6.45, 7) is 0.508. The first kappa shape index (κ1) is 16.0. The fourth-order valence-electron chi connectivity index (χ4n) is 2.70. The number of pyridine rings is 2. The Balaban J connectivity index is 1.70. The Hall–Kier alpha value is -3.45. The highest BCUT2D eigenvalue weighted by Gasteiger charge is 2.10. The molecule has 26 heavy (non-hydrogen) atoms. The average Bonchev–Trinajstić information content (AvgIpc) is 3.09. The zero-order chi connectivity index (χ0) is 17.8. The molecule has 0 saturated heterocycles. The van der Waals surface area contributed by atoms with E-state index in [1.165, 1.54) is 0 Å². The molecule has 0 unspecified atom stereocenters. The van der Waals surface area contributed by atoms with Crippen LogP contribution in [-0.2, 0) is 0 Å². The van der Waals surface area contributed by atoms with E-state index in [1.807, 2.05) is 60.7 Å². The molecule has 7 heteroatoms. The Kier molecular flexibility index (Phi) is 4.44. The number of aromatic nitrogens is 4. The number of hydrogen-bond acceptors (Lipinski definition) is 6. The lowest BCUT2D eigenvalue weighted by atomic mass is 10.1. The molecule has 3 N–H and O–H groups in total. The minimum atomic E-state index is 0.0546. The van der Waals surface area contributed by atoms with Gasteiger partial charge in [-0.25, -0.2) is 9.50 Å². The number of nitrogens with one attached hydrogen (secondary N) is 2. The van der Waals surface area contributed by atoms with Crippen molar-refractivity contribution >= 4 is 23.1 Å². The van der Waals surface area contributed by atoms with E-state index in [2.05, 4.69) is 25.7 Å². The third-order valence-electron chi connectivity index (χ3n) is 3.86. The summed E-state index contributed by atoms with van der Waals surface area (Å²) in [6.07, 6.45) is 1.73. The summed E-state index contributed by atoms with van der Waals surface area (Å²) in [7, 11) is 0. The molecule has 4 rings (SSSR count). The molecule has 0 fully saturated rings. The van der Waals surface area contributed by atoms with Gasteiger partial charge in [-0.15, -0.1) is 5.10 Å². The van der Waals surface area contributed by atoms with E-state index in [-0.39, 0.29) is 6.61 Å². The lowest BCUT2D eigenvalue weighted by Crippen LogP contribution is -2.06. The maximum absolute atomic E-state index is 8.96. The quantitative estimate of drug-likeness (QED) is 0.498. The van der Waals surface area contributed by atoms with Gasteiger partial charge < -0.3 is 15.7 Å². The average molecular weight is 346 g/mol. The predicted octanol–water partition coefficient (Wildman–Crippen LogP) is 2.94. The molecule has 0 atom stereocenters. The highest BCUT2D eigenvalue weighted by Crippen LogP contribution is 2.23. The predicted molar refractivity (Wildman–Crippen MR) is 102 cm³/mol. The zero-order valence-electron chi connectivity index (χ0n) is 14.0. The van der Waals surface area contributed by atoms with Gasteiger partial charge in [0, 0.05) is 24.0 Å². The Morgan fingerprint density at radius 1 is 1.00 bits per heavy atom. The second-order valence-electron chi connectivity index (χ2n) is 5.69. The summed E-state index contributed by atoms with van der Waals surface area (Å²) in [5, 5.41) is 19.8. The van der Waals surface area contributed by atoms with Gasteiger partial charge in [-0.05, 0) is 36.4 Å². The van der Waals surface area contributed by atoms with Crippen molar-refractivity contribution in [1.82, 2.24) is 19.6 Å². The van der Waals surface area contributed by atoms with Crippen molar-refractivity contribution in [3.63, 3.8) is 0 Å². The van der Waals surface area contributed by atoms with Gasteiger partial charge in [0.1, 0.15) is 5.82 Å². The maximum atomic E-state index is 8.96. The molecular weight excluding hydrogens is 328 g/mol. The van der Waals surface area contributed by atoms with Crippen molar-refractivity contribution in [3.05, 3.63) is 66.9 Å². The Labute approximate surface area is 150 Å². The molecule has 0 bridgehead atoms. The Morgan fingerprint density at radius 3 is 2.73 bits per heavy atom. The van der Waals surface area contributed by atoms with Crippen molar-refractivity contribution in [2.45, 2.75) is 0 Å². The molecule has 0 saturated carbocycles. The monoisotopic (exact) mass is 346 g/mol. The van der Waals surface area contributed by atoms with Crippen molar-refractivity contribution in [3.8, 4) is 11.3 Å². The number of fused-ring (bicyclic) bond motifs is 1. The summed E-state index contributed by atoms with van der Waals surface area (Å²) in [4.78, 5) is 8.81. The van der Waals surface area contributed by atoms with E-state index in [0.717, 1.165) is 22.6 Å². The van der Waals surface area contributed by atoms with Crippen LogP contribution < -0.4 is 10.6 Å². The van der Waals surface area contributed by atoms with Crippen LogP contribution >= 0.6 is 0 Å². The molecule has 0 spiro atoms. The number of aliphatic hydroxyl groups is 1. The largest absolute Gasteiger partial charge is 0.395 e. The van der Waals surface area contributed by atoms with Gasteiger partial charge >= 0.3 is 0 Å². The fraction of sp³-hybridized carbons (Fsp3) is 0.105. The summed E-state index contributed by atoms with van der Waals surface area (Å²) in [5.41, 5.74) is 3.56. The topological polar surface area (TPSA) is 87.4 Å². The van der Waals surface area contributed by atoms with E-state index in [1.54, 1.807) is 10.7 Å². The van der Waals surface area contributed by atoms with Gasteiger partial charge in [0.05, 0.1) is 12.3 Å². The molecule has 0 aliphatic carbocycles. The van der Waals surface area contributed by atoms with Crippen LogP contribution in [0.1, 0.15) is 0 Å². The summed E-state index contributed by atoms with van der Waals surface area (Å²) < 4.78 is 1.80. The highest BCUT2D eigenvalue weighted by molar-refractivity contribution is 5.67. The number of para-hydroxylation sites is 1.